The van der Waals surface area contributed by atoms with Gasteiger partial charge in [-0.25, -0.2) is 0 Å². The second kappa shape index (κ2) is 8.94. The third kappa shape index (κ3) is 6.05. The lowest BCUT2D eigenvalue weighted by Crippen LogP contribution is -2.21. The number of nitrogens with one attached hydrogen (secondary N) is 2. The molecule has 0 spiro atoms. The molecule has 0 saturated heterocycles. The van der Waals surface area contributed by atoms with Gasteiger partial charge in [-0.3, -0.25) is 0 Å². The van der Waals surface area contributed by atoms with Gasteiger partial charge in [-0.05, 0) is 32.5 Å². The van der Waals surface area contributed by atoms with E-state index in [4.69, 9.17) is 0 Å². The van der Waals surface area contributed by atoms with E-state index in [1.54, 1.807) is 6.20 Å². The van der Waals surface area contributed by atoms with E-state index in [1.165, 1.54) is 5.56 Å². The fourth-order valence-electron chi connectivity index (χ4n) is 2.01. The molecule has 2 rings (SSSR count). The number of nitrogens with zero attached hydrogens (tertiary/aromatic N) is 4. The van der Waals surface area contributed by atoms with Gasteiger partial charge in [0.25, 0.3) is 0 Å². The molecule has 22 heavy (non-hydrogen) atoms. The highest BCUT2D eigenvalue weighted by Crippen LogP contribution is 2.05. The van der Waals surface area contributed by atoms with Crippen LogP contribution in [0.25, 0.3) is 0 Å². The van der Waals surface area contributed by atoms with Gasteiger partial charge in [0.2, 0.25) is 5.95 Å². The molecule has 0 bridgehead atoms. The van der Waals surface area contributed by atoms with Gasteiger partial charge in [0.05, 0.1) is 6.20 Å². The molecule has 2 aromatic rings. The van der Waals surface area contributed by atoms with Crippen molar-refractivity contribution in [2.75, 3.05) is 44.4 Å². The first-order valence-corrected chi connectivity index (χ1v) is 7.60. The van der Waals surface area contributed by atoms with Crippen LogP contribution >= 0.6 is 0 Å². The Morgan fingerprint density at radius 3 is 2.64 bits per heavy atom. The van der Waals surface area contributed by atoms with E-state index in [2.05, 4.69) is 55.0 Å². The van der Waals surface area contributed by atoms with E-state index in [9.17, 15) is 0 Å². The van der Waals surface area contributed by atoms with E-state index in [-0.39, 0.29) is 0 Å². The minimum absolute atomic E-state index is 0.572. The second-order valence-corrected chi connectivity index (χ2v) is 5.41. The first-order valence-electron chi connectivity index (χ1n) is 7.60. The Hall–Kier alpha value is -2.21. The molecule has 0 saturated carbocycles. The number of benzene rings is 1. The van der Waals surface area contributed by atoms with E-state index < -0.39 is 0 Å². The molecule has 6 heteroatoms. The molecule has 1 heterocycles. The van der Waals surface area contributed by atoms with E-state index in [0.717, 1.165) is 38.3 Å². The number of aromatic nitrogens is 3. The summed E-state index contributed by atoms with van der Waals surface area (Å²) in [5.74, 6) is 1.32. The Labute approximate surface area is 132 Å². The van der Waals surface area contributed by atoms with Crippen molar-refractivity contribution < 1.29 is 0 Å². The largest absolute Gasteiger partial charge is 0.367 e. The van der Waals surface area contributed by atoms with Crippen LogP contribution in [0.15, 0.2) is 36.5 Å². The quantitative estimate of drug-likeness (QED) is 0.689. The summed E-state index contributed by atoms with van der Waals surface area (Å²) < 4.78 is 0. The molecule has 0 unspecified atom stereocenters. The maximum Gasteiger partial charge on any atom is 0.244 e. The molecule has 118 valence electrons. The van der Waals surface area contributed by atoms with Crippen LogP contribution < -0.4 is 10.6 Å². The Morgan fingerprint density at radius 1 is 1.05 bits per heavy atom. The second-order valence-electron chi connectivity index (χ2n) is 5.41. The van der Waals surface area contributed by atoms with E-state index >= 15 is 0 Å². The molecule has 0 fully saturated rings. The van der Waals surface area contributed by atoms with E-state index in [1.807, 2.05) is 20.2 Å². The van der Waals surface area contributed by atoms with Gasteiger partial charge in [0, 0.05) is 19.6 Å². The van der Waals surface area contributed by atoms with Gasteiger partial charge < -0.3 is 15.5 Å². The average Bonchev–Trinajstić information content (AvgIpc) is 2.53. The zero-order chi connectivity index (χ0) is 15.6. The lowest BCUT2D eigenvalue weighted by Gasteiger charge is -2.11. The van der Waals surface area contributed by atoms with Crippen LogP contribution in [-0.2, 0) is 6.42 Å². The number of aryl methyl sites for hydroxylation is 1. The minimum Gasteiger partial charge on any atom is -0.367 e. The van der Waals surface area contributed by atoms with Crippen molar-refractivity contribution >= 4 is 11.8 Å². The molecule has 0 aliphatic heterocycles. The Morgan fingerprint density at radius 2 is 1.86 bits per heavy atom. The molecule has 1 aromatic carbocycles. The maximum absolute atomic E-state index is 4.40. The molecule has 2 N–H and O–H groups in total. The Kier molecular flexibility index (Phi) is 6.57. The summed E-state index contributed by atoms with van der Waals surface area (Å²) in [6.07, 6.45) is 3.72. The van der Waals surface area contributed by atoms with Crippen LogP contribution in [0.1, 0.15) is 12.0 Å². The van der Waals surface area contributed by atoms with Crippen LogP contribution in [0.2, 0.25) is 0 Å². The first-order chi connectivity index (χ1) is 10.7. The number of rotatable bonds is 9. The lowest BCUT2D eigenvalue weighted by molar-refractivity contribution is 0.425. The standard InChI is InChI=1S/C16H24N6/c1-22(2)12-11-17-15-13-19-21-16(20-15)18-10-6-9-14-7-4-3-5-8-14/h3-5,7-8,13H,6,9-12H2,1-2H3,(H2,17,18,20,21). The van der Waals surface area contributed by atoms with Crippen molar-refractivity contribution in [3.05, 3.63) is 42.1 Å². The van der Waals surface area contributed by atoms with Gasteiger partial charge in [-0.1, -0.05) is 30.3 Å². The van der Waals surface area contributed by atoms with Crippen molar-refractivity contribution in [1.82, 2.24) is 20.1 Å². The van der Waals surface area contributed by atoms with Crippen LogP contribution in [0.5, 0.6) is 0 Å². The molecule has 0 amide bonds. The zero-order valence-corrected chi connectivity index (χ0v) is 13.3. The van der Waals surface area contributed by atoms with Gasteiger partial charge in [0.15, 0.2) is 5.82 Å². The summed E-state index contributed by atoms with van der Waals surface area (Å²) in [6, 6.07) is 10.5. The highest BCUT2D eigenvalue weighted by molar-refractivity contribution is 5.36. The fraction of sp³-hybridized carbons (Fsp3) is 0.438. The summed E-state index contributed by atoms with van der Waals surface area (Å²) in [7, 11) is 4.08. The first kappa shape index (κ1) is 16.2. The number of hydrogen-bond donors (Lipinski definition) is 2. The maximum atomic E-state index is 4.40. The van der Waals surface area contributed by atoms with Crippen molar-refractivity contribution in [3.63, 3.8) is 0 Å². The van der Waals surface area contributed by atoms with Gasteiger partial charge in [-0.2, -0.15) is 10.1 Å². The zero-order valence-electron chi connectivity index (χ0n) is 13.3. The smallest absolute Gasteiger partial charge is 0.244 e. The molecule has 1 aromatic heterocycles. The van der Waals surface area contributed by atoms with E-state index in [0.29, 0.717) is 5.95 Å². The van der Waals surface area contributed by atoms with Gasteiger partial charge in [-0.15, -0.1) is 5.10 Å². The molecular weight excluding hydrogens is 276 g/mol. The molecule has 0 aliphatic carbocycles. The number of likely N-dealkylation sites (N-methyl/N-ethyl adjacent to an activating group) is 1. The van der Waals surface area contributed by atoms with Crippen LogP contribution in [0.4, 0.5) is 11.8 Å². The van der Waals surface area contributed by atoms with Crippen molar-refractivity contribution in [2.24, 2.45) is 0 Å². The molecule has 0 radical (unpaired) electrons. The van der Waals surface area contributed by atoms with Gasteiger partial charge >= 0.3 is 0 Å². The predicted octanol–water partition coefficient (Wildman–Crippen LogP) is 1.89. The van der Waals surface area contributed by atoms with Crippen LogP contribution in [0, 0.1) is 0 Å². The highest BCUT2D eigenvalue weighted by Gasteiger charge is 2.00. The third-order valence-corrected chi connectivity index (χ3v) is 3.19. The normalized spacial score (nSPS) is 10.7. The third-order valence-electron chi connectivity index (χ3n) is 3.19. The van der Waals surface area contributed by atoms with Crippen molar-refractivity contribution in [1.29, 1.82) is 0 Å². The molecule has 6 nitrogen and oxygen atoms in total. The topological polar surface area (TPSA) is 66.0 Å². The summed E-state index contributed by atoms with van der Waals surface area (Å²) >= 11 is 0. The molecule has 0 aliphatic rings. The minimum atomic E-state index is 0.572. The summed E-state index contributed by atoms with van der Waals surface area (Å²) in [5.41, 5.74) is 1.35. The SMILES string of the molecule is CN(C)CCNc1cnnc(NCCCc2ccccc2)n1. The van der Waals surface area contributed by atoms with Crippen LogP contribution in [-0.4, -0.2) is 53.8 Å². The molecule has 0 atom stereocenters. The molecular formula is C16H24N6. The Balaban J connectivity index is 1.71. The van der Waals surface area contributed by atoms with Crippen molar-refractivity contribution in [2.45, 2.75) is 12.8 Å². The fourth-order valence-corrected chi connectivity index (χ4v) is 2.01. The number of anilines is 2. The average molecular weight is 300 g/mol. The summed E-state index contributed by atoms with van der Waals surface area (Å²) in [5, 5.41) is 14.4. The Bertz CT molecular complexity index is 543. The number of hydrogen-bond acceptors (Lipinski definition) is 6. The highest BCUT2D eigenvalue weighted by atomic mass is 15.3. The van der Waals surface area contributed by atoms with Gasteiger partial charge in [0.1, 0.15) is 0 Å². The predicted molar refractivity (Wildman–Crippen MR) is 90.1 cm³/mol. The van der Waals surface area contributed by atoms with Crippen LogP contribution in [0.3, 0.4) is 0 Å². The monoisotopic (exact) mass is 300 g/mol. The lowest BCUT2D eigenvalue weighted by atomic mass is 10.1. The van der Waals surface area contributed by atoms with Crippen molar-refractivity contribution in [3.8, 4) is 0 Å². The summed E-state index contributed by atoms with van der Waals surface area (Å²) in [4.78, 5) is 6.52. The summed E-state index contributed by atoms with van der Waals surface area (Å²) in [6.45, 7) is 2.61.